The van der Waals surface area contributed by atoms with Crippen LogP contribution in [0.5, 0.6) is 0 Å². The number of nitrogens with one attached hydrogen (secondary N) is 1. The number of H-pyrrole nitrogens is 1. The first-order valence-electron chi connectivity index (χ1n) is 8.16. The molecule has 3 rings (SSSR count). The van der Waals surface area contributed by atoms with Gasteiger partial charge in [0.05, 0.1) is 12.7 Å². The number of carbonyl (C=O) groups excluding carboxylic acids is 1. The van der Waals surface area contributed by atoms with E-state index >= 15 is 0 Å². The summed E-state index contributed by atoms with van der Waals surface area (Å²) in [7, 11) is 3.24. The predicted octanol–water partition coefficient (Wildman–Crippen LogP) is 2.13. The third-order valence-electron chi connectivity index (χ3n) is 4.54. The number of likely N-dealkylation sites (N-methyl/N-ethyl adjacent to an activating group) is 1. The summed E-state index contributed by atoms with van der Waals surface area (Å²) in [6, 6.07) is 5.82. The summed E-state index contributed by atoms with van der Waals surface area (Å²) in [5, 5.41) is 11.0. The number of aromatic amines is 1. The Morgan fingerprint density at radius 3 is 2.96 bits per heavy atom. The van der Waals surface area contributed by atoms with Crippen molar-refractivity contribution in [1.29, 1.82) is 0 Å². The maximum absolute atomic E-state index is 12.6. The minimum atomic E-state index is -0.669. The molecule has 23 heavy (non-hydrogen) atoms. The molecule has 1 unspecified atom stereocenters. The van der Waals surface area contributed by atoms with Crippen LogP contribution in [0.4, 0.5) is 0 Å². The Bertz CT molecular complexity index is 708. The van der Waals surface area contributed by atoms with Crippen LogP contribution in [0.2, 0.25) is 0 Å². The lowest BCUT2D eigenvalue weighted by Crippen LogP contribution is -2.36. The maximum Gasteiger partial charge on any atom is 0.253 e. The van der Waals surface area contributed by atoms with E-state index in [0.717, 1.165) is 23.7 Å². The lowest BCUT2D eigenvalue weighted by atomic mass is 9.95. The summed E-state index contributed by atoms with van der Waals surface area (Å²) < 4.78 is 4.91. The second kappa shape index (κ2) is 6.72. The van der Waals surface area contributed by atoms with Gasteiger partial charge in [-0.3, -0.25) is 4.79 Å². The Balaban J connectivity index is 1.83. The summed E-state index contributed by atoms with van der Waals surface area (Å²) in [5.41, 5.74) is 4.45. The smallest absolute Gasteiger partial charge is 0.253 e. The number of ether oxygens (including phenoxy) is 1. The number of hydrogen-bond acceptors (Lipinski definition) is 3. The standard InChI is InChI=1S/C18H24N2O3/c1-20(10-13(21)11-23-2)18(22)12-7-8-17-15(9-12)14-5-3-4-6-16(14)19-17/h7-9,13,19,21H,3-6,10-11H2,1-2H3. The van der Waals surface area contributed by atoms with Crippen LogP contribution in [0, 0.1) is 0 Å². The van der Waals surface area contributed by atoms with Crippen molar-refractivity contribution >= 4 is 16.8 Å². The average molecular weight is 316 g/mol. The van der Waals surface area contributed by atoms with Crippen molar-refractivity contribution in [2.24, 2.45) is 0 Å². The fourth-order valence-corrected chi connectivity index (χ4v) is 3.40. The molecule has 1 aliphatic rings. The minimum absolute atomic E-state index is 0.0761. The van der Waals surface area contributed by atoms with Gasteiger partial charge < -0.3 is 19.7 Å². The zero-order chi connectivity index (χ0) is 16.4. The highest BCUT2D eigenvalue weighted by Crippen LogP contribution is 2.29. The molecule has 0 fully saturated rings. The number of aliphatic hydroxyl groups is 1. The van der Waals surface area contributed by atoms with E-state index in [1.165, 1.54) is 31.2 Å². The number of carbonyl (C=O) groups is 1. The van der Waals surface area contributed by atoms with Crippen molar-refractivity contribution in [3.05, 3.63) is 35.0 Å². The van der Waals surface area contributed by atoms with Crippen LogP contribution in [-0.4, -0.2) is 54.3 Å². The highest BCUT2D eigenvalue weighted by molar-refractivity contribution is 5.99. The summed E-state index contributed by atoms with van der Waals surface area (Å²) >= 11 is 0. The van der Waals surface area contributed by atoms with E-state index < -0.39 is 6.10 Å². The van der Waals surface area contributed by atoms with Crippen LogP contribution in [0.3, 0.4) is 0 Å². The topological polar surface area (TPSA) is 65.6 Å². The number of nitrogens with zero attached hydrogens (tertiary/aromatic N) is 1. The van der Waals surface area contributed by atoms with Gasteiger partial charge in [-0.25, -0.2) is 0 Å². The normalized spacial score (nSPS) is 15.4. The Hall–Kier alpha value is -1.85. The van der Waals surface area contributed by atoms with Crippen LogP contribution in [-0.2, 0) is 17.6 Å². The molecule has 0 radical (unpaired) electrons. The quantitative estimate of drug-likeness (QED) is 0.888. The van der Waals surface area contributed by atoms with E-state index in [1.54, 1.807) is 11.9 Å². The monoisotopic (exact) mass is 316 g/mol. The van der Waals surface area contributed by atoms with Gasteiger partial charge in [-0.2, -0.15) is 0 Å². The Labute approximate surface area is 136 Å². The zero-order valence-electron chi connectivity index (χ0n) is 13.8. The van der Waals surface area contributed by atoms with Gasteiger partial charge in [0, 0.05) is 42.9 Å². The van der Waals surface area contributed by atoms with Gasteiger partial charge in [0.25, 0.3) is 5.91 Å². The fraction of sp³-hybridized carbons (Fsp3) is 0.500. The second-order valence-corrected chi connectivity index (χ2v) is 6.34. The molecule has 5 nitrogen and oxygen atoms in total. The van der Waals surface area contributed by atoms with Crippen molar-refractivity contribution in [3.63, 3.8) is 0 Å². The van der Waals surface area contributed by atoms with Crippen molar-refractivity contribution in [2.45, 2.75) is 31.8 Å². The molecular weight excluding hydrogens is 292 g/mol. The van der Waals surface area contributed by atoms with Crippen molar-refractivity contribution in [1.82, 2.24) is 9.88 Å². The SMILES string of the molecule is COCC(O)CN(C)C(=O)c1ccc2[nH]c3c(c2c1)CCCC3. The van der Waals surface area contributed by atoms with Gasteiger partial charge in [0.1, 0.15) is 0 Å². The molecule has 1 aliphatic carbocycles. The number of fused-ring (bicyclic) bond motifs is 3. The van der Waals surface area contributed by atoms with Gasteiger partial charge in [0.15, 0.2) is 0 Å². The molecule has 1 aromatic carbocycles. The van der Waals surface area contributed by atoms with Gasteiger partial charge in [-0.05, 0) is 49.4 Å². The molecule has 0 spiro atoms. The zero-order valence-corrected chi connectivity index (χ0v) is 13.8. The Morgan fingerprint density at radius 1 is 1.39 bits per heavy atom. The third kappa shape index (κ3) is 3.26. The number of aliphatic hydroxyl groups excluding tert-OH is 1. The fourth-order valence-electron chi connectivity index (χ4n) is 3.40. The van der Waals surface area contributed by atoms with Gasteiger partial charge in [-0.15, -0.1) is 0 Å². The number of amides is 1. The molecule has 5 heteroatoms. The van der Waals surface area contributed by atoms with Crippen molar-refractivity contribution in [3.8, 4) is 0 Å². The molecule has 0 saturated carbocycles. The maximum atomic E-state index is 12.6. The molecule has 1 aromatic heterocycles. The third-order valence-corrected chi connectivity index (χ3v) is 4.54. The molecule has 1 amide bonds. The molecule has 0 aliphatic heterocycles. The van der Waals surface area contributed by atoms with E-state index in [2.05, 4.69) is 4.98 Å². The second-order valence-electron chi connectivity index (χ2n) is 6.34. The van der Waals surface area contributed by atoms with Gasteiger partial charge in [0.2, 0.25) is 0 Å². The number of aromatic nitrogens is 1. The summed E-state index contributed by atoms with van der Waals surface area (Å²) in [6.45, 7) is 0.484. The van der Waals surface area contributed by atoms with E-state index in [4.69, 9.17) is 4.74 Å². The first-order chi connectivity index (χ1) is 11.1. The van der Waals surface area contributed by atoms with Gasteiger partial charge >= 0.3 is 0 Å². The minimum Gasteiger partial charge on any atom is -0.389 e. The lowest BCUT2D eigenvalue weighted by Gasteiger charge is -2.20. The number of aryl methyl sites for hydroxylation is 2. The van der Waals surface area contributed by atoms with Crippen LogP contribution in [0.15, 0.2) is 18.2 Å². The van der Waals surface area contributed by atoms with E-state index in [0.29, 0.717) is 5.56 Å². The van der Waals surface area contributed by atoms with E-state index in [9.17, 15) is 9.90 Å². The number of benzene rings is 1. The molecule has 0 saturated heterocycles. The van der Waals surface area contributed by atoms with Crippen LogP contribution >= 0.6 is 0 Å². The van der Waals surface area contributed by atoms with Gasteiger partial charge in [-0.1, -0.05) is 0 Å². The van der Waals surface area contributed by atoms with Crippen LogP contribution < -0.4 is 0 Å². The summed E-state index contributed by atoms with van der Waals surface area (Å²) in [6.07, 6.45) is 3.94. The molecule has 124 valence electrons. The van der Waals surface area contributed by atoms with E-state index in [1.807, 2.05) is 18.2 Å². The van der Waals surface area contributed by atoms with Crippen molar-refractivity contribution in [2.75, 3.05) is 27.3 Å². The molecule has 1 atom stereocenters. The number of methoxy groups -OCH3 is 1. The number of rotatable bonds is 5. The van der Waals surface area contributed by atoms with Crippen molar-refractivity contribution < 1.29 is 14.6 Å². The van der Waals surface area contributed by atoms with Crippen LogP contribution in [0.1, 0.15) is 34.5 Å². The van der Waals surface area contributed by atoms with E-state index in [-0.39, 0.29) is 19.1 Å². The number of hydrogen-bond donors (Lipinski definition) is 2. The molecule has 2 aromatic rings. The summed E-state index contributed by atoms with van der Waals surface area (Å²) in [4.78, 5) is 17.6. The Kier molecular flexibility index (Phi) is 4.68. The first kappa shape index (κ1) is 16.0. The first-order valence-corrected chi connectivity index (χ1v) is 8.16. The van der Waals surface area contributed by atoms with Crippen LogP contribution in [0.25, 0.3) is 10.9 Å². The average Bonchev–Trinajstić information content (AvgIpc) is 2.92. The molecular formula is C18H24N2O3. The molecule has 1 heterocycles. The highest BCUT2D eigenvalue weighted by Gasteiger charge is 2.19. The molecule has 2 N–H and O–H groups in total. The largest absolute Gasteiger partial charge is 0.389 e. The summed E-state index contributed by atoms with van der Waals surface area (Å²) in [5.74, 6) is -0.0761. The molecule has 0 bridgehead atoms. The Morgan fingerprint density at radius 2 is 2.17 bits per heavy atom. The predicted molar refractivity (Wildman–Crippen MR) is 89.8 cm³/mol. The highest BCUT2D eigenvalue weighted by atomic mass is 16.5. The lowest BCUT2D eigenvalue weighted by molar-refractivity contribution is 0.0380.